The first-order chi connectivity index (χ1) is 18.2. The Balaban J connectivity index is 1.45. The Morgan fingerprint density at radius 1 is 0.947 bits per heavy atom. The average Bonchev–Trinajstić information content (AvgIpc) is 3.33. The summed E-state index contributed by atoms with van der Waals surface area (Å²) in [5, 5.41) is 19.9. The zero-order chi connectivity index (χ0) is 27.0. The van der Waals surface area contributed by atoms with Crippen molar-refractivity contribution < 1.29 is 24.2 Å². The second-order valence-corrected chi connectivity index (χ2v) is 9.20. The SMILES string of the molecule is CCN(CC)c1ccc(C2(C)OC(=O)C(=Cc3cc(C)cc(-n4nc5ccccc5n4)c3O)C(=O)O2)cc1. The molecular formula is C29H28N4O5. The van der Waals surface area contributed by atoms with Gasteiger partial charge in [-0.15, -0.1) is 15.0 Å². The van der Waals surface area contributed by atoms with E-state index in [1.165, 1.54) is 17.8 Å². The summed E-state index contributed by atoms with van der Waals surface area (Å²) in [6.45, 7) is 9.20. The number of phenolic OH excluding ortho intramolecular Hbond substituents is 1. The number of nitrogens with zero attached hydrogens (tertiary/aromatic N) is 4. The maximum Gasteiger partial charge on any atom is 0.349 e. The minimum absolute atomic E-state index is 0.190. The van der Waals surface area contributed by atoms with Crippen LogP contribution >= 0.6 is 0 Å². The quantitative estimate of drug-likeness (QED) is 0.226. The van der Waals surface area contributed by atoms with Gasteiger partial charge in [-0.3, -0.25) is 0 Å². The summed E-state index contributed by atoms with van der Waals surface area (Å²) in [7, 11) is 0. The normalized spacial score (nSPS) is 17.3. The van der Waals surface area contributed by atoms with Crippen LogP contribution in [0.15, 0.2) is 66.2 Å². The first kappa shape index (κ1) is 25.0. The average molecular weight is 513 g/mol. The fraction of sp³-hybridized carbons (Fsp3) is 0.241. The van der Waals surface area contributed by atoms with E-state index in [9.17, 15) is 14.7 Å². The summed E-state index contributed by atoms with van der Waals surface area (Å²) >= 11 is 0. The van der Waals surface area contributed by atoms with E-state index < -0.39 is 17.7 Å². The van der Waals surface area contributed by atoms with Crippen molar-refractivity contribution in [3.05, 3.63) is 82.9 Å². The third kappa shape index (κ3) is 4.47. The molecule has 9 nitrogen and oxygen atoms in total. The highest BCUT2D eigenvalue weighted by molar-refractivity contribution is 6.19. The third-order valence-electron chi connectivity index (χ3n) is 6.60. The molecule has 194 valence electrons. The van der Waals surface area contributed by atoms with E-state index in [2.05, 4.69) is 28.9 Å². The Morgan fingerprint density at radius 2 is 1.53 bits per heavy atom. The molecule has 1 fully saturated rings. The number of carbonyl (C=O) groups excluding carboxylic acids is 2. The predicted octanol–water partition coefficient (Wildman–Crippen LogP) is 4.64. The van der Waals surface area contributed by atoms with Crippen molar-refractivity contribution in [1.29, 1.82) is 0 Å². The van der Waals surface area contributed by atoms with Crippen LogP contribution in [0, 0.1) is 6.92 Å². The van der Waals surface area contributed by atoms with Gasteiger partial charge in [0.05, 0.1) is 0 Å². The van der Waals surface area contributed by atoms with E-state index in [1.807, 2.05) is 43.3 Å². The van der Waals surface area contributed by atoms with Gasteiger partial charge in [0.15, 0.2) is 0 Å². The van der Waals surface area contributed by atoms with Crippen LogP contribution in [0.2, 0.25) is 0 Å². The second-order valence-electron chi connectivity index (χ2n) is 9.20. The van der Waals surface area contributed by atoms with Gasteiger partial charge in [0.1, 0.15) is 28.0 Å². The first-order valence-electron chi connectivity index (χ1n) is 12.4. The number of fused-ring (bicyclic) bond motifs is 1. The van der Waals surface area contributed by atoms with E-state index in [0.717, 1.165) is 24.3 Å². The maximum absolute atomic E-state index is 13.0. The Morgan fingerprint density at radius 3 is 2.08 bits per heavy atom. The van der Waals surface area contributed by atoms with Gasteiger partial charge >= 0.3 is 11.9 Å². The van der Waals surface area contributed by atoms with E-state index in [-0.39, 0.29) is 16.9 Å². The number of aryl methyl sites for hydroxylation is 1. The number of ether oxygens (including phenoxy) is 2. The summed E-state index contributed by atoms with van der Waals surface area (Å²) in [6.07, 6.45) is 1.27. The van der Waals surface area contributed by atoms with Gasteiger partial charge in [-0.25, -0.2) is 9.59 Å². The van der Waals surface area contributed by atoms with Crippen LogP contribution in [0.1, 0.15) is 37.5 Å². The number of phenols is 1. The lowest BCUT2D eigenvalue weighted by Crippen LogP contribution is -2.42. The lowest BCUT2D eigenvalue weighted by molar-refractivity contribution is -0.233. The number of cyclic esters (lactones) is 2. The molecule has 38 heavy (non-hydrogen) atoms. The molecule has 0 spiro atoms. The Kier molecular flexibility index (Phi) is 6.36. The number of hydrogen-bond acceptors (Lipinski definition) is 8. The van der Waals surface area contributed by atoms with Gasteiger partial charge in [-0.1, -0.05) is 12.1 Å². The van der Waals surface area contributed by atoms with Crippen LogP contribution in [-0.4, -0.2) is 45.1 Å². The van der Waals surface area contributed by atoms with Crippen LogP contribution in [0.4, 0.5) is 5.69 Å². The largest absolute Gasteiger partial charge is 0.505 e. The molecule has 3 aromatic carbocycles. The van der Waals surface area contributed by atoms with Crippen molar-refractivity contribution in [2.45, 2.75) is 33.5 Å². The van der Waals surface area contributed by atoms with Crippen molar-refractivity contribution in [3.63, 3.8) is 0 Å². The van der Waals surface area contributed by atoms with Crippen molar-refractivity contribution in [1.82, 2.24) is 15.0 Å². The second kappa shape index (κ2) is 9.66. The molecule has 0 amide bonds. The van der Waals surface area contributed by atoms with Gasteiger partial charge in [0.2, 0.25) is 0 Å². The summed E-state index contributed by atoms with van der Waals surface area (Å²) < 4.78 is 11.2. The smallest absolute Gasteiger partial charge is 0.349 e. The van der Waals surface area contributed by atoms with Gasteiger partial charge in [0, 0.05) is 36.8 Å². The number of benzene rings is 3. The molecule has 0 atom stereocenters. The van der Waals surface area contributed by atoms with Crippen molar-refractivity contribution >= 4 is 34.7 Å². The molecule has 9 heteroatoms. The molecule has 1 aliphatic rings. The fourth-order valence-corrected chi connectivity index (χ4v) is 4.54. The lowest BCUT2D eigenvalue weighted by Gasteiger charge is -2.34. The standard InChI is InChI=1S/C29H28N4O5/c1-5-32(6-2)21-13-11-20(12-14-21)29(4)37-27(35)22(28(36)38-29)17-19-15-18(3)16-25(26(19)34)33-30-23-9-7-8-10-24(23)31-33/h7-17,34H,5-6H2,1-4H3. The molecule has 1 saturated heterocycles. The summed E-state index contributed by atoms with van der Waals surface area (Å²) in [5.74, 6) is -3.46. The van der Waals surface area contributed by atoms with Crippen molar-refractivity contribution in [2.75, 3.05) is 18.0 Å². The van der Waals surface area contributed by atoms with Gasteiger partial charge in [0.25, 0.3) is 5.79 Å². The zero-order valence-electron chi connectivity index (χ0n) is 21.6. The molecule has 0 radical (unpaired) electrons. The van der Waals surface area contributed by atoms with E-state index in [1.54, 1.807) is 24.3 Å². The first-order valence-corrected chi connectivity index (χ1v) is 12.4. The minimum Gasteiger partial charge on any atom is -0.505 e. The summed E-state index contributed by atoms with van der Waals surface area (Å²) in [5.41, 5.74) is 3.86. The van der Waals surface area contributed by atoms with E-state index in [4.69, 9.17) is 9.47 Å². The molecule has 4 aromatic rings. The molecule has 1 aromatic heterocycles. The van der Waals surface area contributed by atoms with Gasteiger partial charge in [-0.2, -0.15) is 0 Å². The van der Waals surface area contributed by atoms with Crippen LogP contribution in [0.25, 0.3) is 22.8 Å². The molecule has 0 unspecified atom stereocenters. The van der Waals surface area contributed by atoms with Gasteiger partial charge < -0.3 is 19.5 Å². The number of esters is 2. The van der Waals surface area contributed by atoms with Crippen LogP contribution in [0.3, 0.4) is 0 Å². The lowest BCUT2D eigenvalue weighted by atomic mass is 10.0. The van der Waals surface area contributed by atoms with Crippen LogP contribution < -0.4 is 4.90 Å². The Hall–Kier alpha value is -4.66. The maximum atomic E-state index is 13.0. The highest BCUT2D eigenvalue weighted by Crippen LogP contribution is 2.36. The van der Waals surface area contributed by atoms with E-state index >= 15 is 0 Å². The highest BCUT2D eigenvalue weighted by atomic mass is 16.7. The third-order valence-corrected chi connectivity index (χ3v) is 6.60. The van der Waals surface area contributed by atoms with Crippen molar-refractivity contribution in [3.8, 4) is 11.4 Å². The summed E-state index contributed by atoms with van der Waals surface area (Å²) in [4.78, 5) is 29.5. The molecular weight excluding hydrogens is 484 g/mol. The fourth-order valence-electron chi connectivity index (χ4n) is 4.54. The number of aromatic nitrogens is 3. The van der Waals surface area contributed by atoms with E-state index in [0.29, 0.717) is 22.3 Å². The molecule has 0 saturated carbocycles. The molecule has 2 heterocycles. The molecule has 1 aliphatic heterocycles. The number of hydrogen-bond donors (Lipinski definition) is 1. The minimum atomic E-state index is -1.58. The highest BCUT2D eigenvalue weighted by Gasteiger charge is 2.44. The number of aromatic hydroxyl groups is 1. The molecule has 0 bridgehead atoms. The van der Waals surface area contributed by atoms with Crippen LogP contribution in [-0.2, 0) is 24.8 Å². The topological polar surface area (TPSA) is 107 Å². The number of carbonyl (C=O) groups is 2. The monoisotopic (exact) mass is 512 g/mol. The molecule has 0 aliphatic carbocycles. The number of anilines is 1. The summed E-state index contributed by atoms with van der Waals surface area (Å²) in [6, 6.07) is 18.1. The Labute approximate surface area is 219 Å². The van der Waals surface area contributed by atoms with Crippen molar-refractivity contribution in [2.24, 2.45) is 0 Å². The predicted molar refractivity (Wildman–Crippen MR) is 143 cm³/mol. The number of rotatable bonds is 6. The molecule has 1 N–H and O–H groups in total. The van der Waals surface area contributed by atoms with Crippen LogP contribution in [0.5, 0.6) is 5.75 Å². The van der Waals surface area contributed by atoms with Gasteiger partial charge in [-0.05, 0) is 80.9 Å². The zero-order valence-corrected chi connectivity index (χ0v) is 21.6. The Bertz CT molecular complexity index is 1510. The molecule has 5 rings (SSSR count).